The number of hydrogen-bond donors (Lipinski definition) is 1. The number of fused-ring (bicyclic) bond motifs is 1. The highest BCUT2D eigenvalue weighted by Crippen LogP contribution is 2.30. The van der Waals surface area contributed by atoms with E-state index >= 15 is 0 Å². The number of aromatic nitrogens is 4. The van der Waals surface area contributed by atoms with Gasteiger partial charge < -0.3 is 9.84 Å². The summed E-state index contributed by atoms with van der Waals surface area (Å²) < 4.78 is 21.9. The van der Waals surface area contributed by atoms with E-state index in [1.807, 2.05) is 12.1 Å². The first-order chi connectivity index (χ1) is 15.9. The minimum absolute atomic E-state index is 0.0528. The van der Waals surface area contributed by atoms with E-state index in [1.165, 1.54) is 30.1 Å². The number of ether oxygens (including phenoxy) is 1. The van der Waals surface area contributed by atoms with Crippen molar-refractivity contribution >= 4 is 22.6 Å². The number of aryl methyl sites for hydroxylation is 1. The average Bonchev–Trinajstić information content (AvgIpc) is 2.80. The van der Waals surface area contributed by atoms with Crippen LogP contribution in [-0.2, 0) is 20.0 Å². The van der Waals surface area contributed by atoms with Crippen molar-refractivity contribution in [2.24, 2.45) is 7.05 Å². The summed E-state index contributed by atoms with van der Waals surface area (Å²) in [5.41, 5.74) is 0.433. The van der Waals surface area contributed by atoms with Gasteiger partial charge in [0.1, 0.15) is 23.0 Å². The first-order valence-electron chi connectivity index (χ1n) is 10.1. The third-order valence-corrected chi connectivity index (χ3v) is 5.42. The molecular weight excluding hydrogens is 451 g/mol. The zero-order valence-corrected chi connectivity index (χ0v) is 18.4. The van der Waals surface area contributed by atoms with Gasteiger partial charge in [-0.05, 0) is 24.1 Å². The average molecular weight is 471 g/mol. The highest BCUT2D eigenvalue weighted by atomic mass is 35.5. The van der Waals surface area contributed by atoms with Crippen LogP contribution in [-0.4, -0.2) is 30.8 Å². The first-order valence-corrected chi connectivity index (χ1v) is 10.5. The summed E-state index contributed by atoms with van der Waals surface area (Å²) in [6.45, 7) is -0.115. The Bertz CT molecular complexity index is 1430. The zero-order chi connectivity index (χ0) is 23.5. The second-order valence-electron chi connectivity index (χ2n) is 7.42. The van der Waals surface area contributed by atoms with Crippen LogP contribution in [0.3, 0.4) is 0 Å². The topological polar surface area (TPSA) is 99.2 Å². The van der Waals surface area contributed by atoms with Crippen LogP contribution in [0.4, 0.5) is 4.39 Å². The third-order valence-electron chi connectivity index (χ3n) is 5.16. The van der Waals surface area contributed by atoms with Gasteiger partial charge in [-0.15, -0.1) is 0 Å². The molecule has 10 heteroatoms. The maximum absolute atomic E-state index is 13.7. The monoisotopic (exact) mass is 470 g/mol. The number of halogens is 2. The van der Waals surface area contributed by atoms with Crippen molar-refractivity contribution in [3.8, 4) is 11.5 Å². The number of aliphatic hydroxyl groups is 1. The van der Waals surface area contributed by atoms with Crippen LogP contribution < -0.4 is 16.0 Å². The van der Waals surface area contributed by atoms with E-state index < -0.39 is 17.1 Å². The molecule has 0 radical (unpaired) electrons. The number of nitrogens with zero attached hydrogens (tertiary/aromatic N) is 4. The molecule has 0 amide bonds. The van der Waals surface area contributed by atoms with Crippen molar-refractivity contribution in [2.75, 3.05) is 6.61 Å². The molecule has 1 N–H and O–H groups in total. The van der Waals surface area contributed by atoms with Gasteiger partial charge in [0, 0.05) is 43.3 Å². The second-order valence-corrected chi connectivity index (χ2v) is 7.86. The highest BCUT2D eigenvalue weighted by molar-refractivity contribution is 6.30. The van der Waals surface area contributed by atoms with E-state index in [0.29, 0.717) is 10.6 Å². The molecule has 3 heterocycles. The van der Waals surface area contributed by atoms with Crippen LogP contribution in [0.1, 0.15) is 17.5 Å². The Labute approximate surface area is 192 Å². The maximum Gasteiger partial charge on any atom is 0.332 e. The molecule has 0 bridgehead atoms. The molecule has 0 aliphatic heterocycles. The van der Waals surface area contributed by atoms with Gasteiger partial charge in [0.2, 0.25) is 0 Å². The lowest BCUT2D eigenvalue weighted by Crippen LogP contribution is -2.40. The van der Waals surface area contributed by atoms with Gasteiger partial charge in [-0.1, -0.05) is 23.7 Å². The van der Waals surface area contributed by atoms with Crippen LogP contribution in [0, 0.1) is 5.82 Å². The van der Waals surface area contributed by atoms with Crippen LogP contribution in [0.15, 0.2) is 58.5 Å². The largest absolute Gasteiger partial charge is 0.454 e. The Balaban J connectivity index is 1.97. The molecule has 3 aromatic heterocycles. The standard InChI is InChI=1S/C23H20ClFN4O4/c1-28-21-20(22(31)29(23(28)32)7-2-8-30)18(9-14-3-5-15(24)6-4-14)19(13-27-21)33-17-10-16(25)11-26-12-17/h3-6,10-13,30H,2,7-9H2,1H3. The molecule has 33 heavy (non-hydrogen) atoms. The molecule has 8 nitrogen and oxygen atoms in total. The van der Waals surface area contributed by atoms with Crippen molar-refractivity contribution in [3.63, 3.8) is 0 Å². The predicted molar refractivity (Wildman–Crippen MR) is 121 cm³/mol. The van der Waals surface area contributed by atoms with Gasteiger partial charge in [-0.3, -0.25) is 18.9 Å². The zero-order valence-electron chi connectivity index (χ0n) is 17.7. The van der Waals surface area contributed by atoms with Gasteiger partial charge in [0.05, 0.1) is 24.0 Å². The van der Waals surface area contributed by atoms with Gasteiger partial charge in [-0.2, -0.15) is 0 Å². The second kappa shape index (κ2) is 9.51. The molecule has 1 aromatic carbocycles. The molecule has 0 saturated heterocycles. The molecule has 0 aliphatic carbocycles. The quantitative estimate of drug-likeness (QED) is 0.445. The lowest BCUT2D eigenvalue weighted by molar-refractivity contribution is 0.277. The molecule has 0 saturated carbocycles. The summed E-state index contributed by atoms with van der Waals surface area (Å²) in [6, 6.07) is 8.26. The molecule has 170 valence electrons. The van der Waals surface area contributed by atoms with Crippen molar-refractivity contribution < 1.29 is 14.2 Å². The fourth-order valence-electron chi connectivity index (χ4n) is 3.56. The Morgan fingerprint density at radius 2 is 1.91 bits per heavy atom. The Morgan fingerprint density at radius 1 is 1.15 bits per heavy atom. The summed E-state index contributed by atoms with van der Waals surface area (Å²) >= 11 is 6.01. The molecule has 0 atom stereocenters. The van der Waals surface area contributed by atoms with Crippen LogP contribution in [0.25, 0.3) is 11.0 Å². The SMILES string of the molecule is Cn1c(=O)n(CCCO)c(=O)c2c(Cc3ccc(Cl)cc3)c(Oc3cncc(F)c3)cnc21. The summed E-state index contributed by atoms with van der Waals surface area (Å²) in [7, 11) is 1.52. The van der Waals surface area contributed by atoms with Crippen molar-refractivity contribution in [1.29, 1.82) is 0 Å². The minimum Gasteiger partial charge on any atom is -0.454 e. The minimum atomic E-state index is -0.575. The number of benzene rings is 1. The summed E-state index contributed by atoms with van der Waals surface area (Å²) in [4.78, 5) is 34.2. The Kier molecular flexibility index (Phi) is 6.52. The van der Waals surface area contributed by atoms with Gasteiger partial charge in [0.25, 0.3) is 5.56 Å². The molecule has 0 unspecified atom stereocenters. The van der Waals surface area contributed by atoms with Gasteiger partial charge in [-0.25, -0.2) is 14.2 Å². The Hall–Kier alpha value is -3.56. The number of pyridine rings is 2. The molecule has 0 spiro atoms. The number of rotatable bonds is 7. The van der Waals surface area contributed by atoms with Crippen molar-refractivity contribution in [2.45, 2.75) is 19.4 Å². The molecule has 0 fully saturated rings. The van der Waals surface area contributed by atoms with E-state index in [0.717, 1.165) is 16.3 Å². The van der Waals surface area contributed by atoms with Crippen LogP contribution >= 0.6 is 11.6 Å². The third kappa shape index (κ3) is 4.64. The fourth-order valence-corrected chi connectivity index (χ4v) is 3.69. The first kappa shape index (κ1) is 22.6. The van der Waals surface area contributed by atoms with Gasteiger partial charge >= 0.3 is 5.69 Å². The molecule has 0 aliphatic rings. The van der Waals surface area contributed by atoms with E-state index in [2.05, 4.69) is 9.97 Å². The normalized spacial score (nSPS) is 11.2. The van der Waals surface area contributed by atoms with E-state index in [-0.39, 0.29) is 48.5 Å². The summed E-state index contributed by atoms with van der Waals surface area (Å²) in [5.74, 6) is -0.206. The highest BCUT2D eigenvalue weighted by Gasteiger charge is 2.20. The predicted octanol–water partition coefficient (Wildman–Crippen LogP) is 3.05. The number of hydrogen-bond acceptors (Lipinski definition) is 6. The molecular formula is C23H20ClFN4O4. The lowest BCUT2D eigenvalue weighted by Gasteiger charge is -2.16. The van der Waals surface area contributed by atoms with E-state index in [4.69, 9.17) is 16.3 Å². The summed E-state index contributed by atoms with van der Waals surface area (Å²) in [5, 5.41) is 9.96. The Morgan fingerprint density at radius 3 is 2.61 bits per heavy atom. The van der Waals surface area contributed by atoms with Crippen molar-refractivity contribution in [3.05, 3.63) is 91.7 Å². The van der Waals surface area contributed by atoms with Crippen LogP contribution in [0.2, 0.25) is 5.02 Å². The van der Waals surface area contributed by atoms with Crippen LogP contribution in [0.5, 0.6) is 11.5 Å². The molecule has 4 aromatic rings. The van der Waals surface area contributed by atoms with E-state index in [1.54, 1.807) is 12.1 Å². The fraction of sp³-hybridized carbons (Fsp3) is 0.217. The smallest absolute Gasteiger partial charge is 0.332 e. The van der Waals surface area contributed by atoms with Crippen molar-refractivity contribution in [1.82, 2.24) is 19.1 Å². The van der Waals surface area contributed by atoms with Gasteiger partial charge in [0.15, 0.2) is 0 Å². The lowest BCUT2D eigenvalue weighted by atomic mass is 10.0. The summed E-state index contributed by atoms with van der Waals surface area (Å²) in [6.07, 6.45) is 4.30. The molecule has 4 rings (SSSR count). The van der Waals surface area contributed by atoms with E-state index in [9.17, 15) is 19.1 Å². The maximum atomic E-state index is 13.7. The number of aliphatic hydroxyl groups excluding tert-OH is 1.